The lowest BCUT2D eigenvalue weighted by atomic mass is 10.0. The van der Waals surface area contributed by atoms with Crippen molar-refractivity contribution in [3.8, 4) is 0 Å². The van der Waals surface area contributed by atoms with Crippen molar-refractivity contribution in [2.24, 2.45) is 5.92 Å². The van der Waals surface area contributed by atoms with E-state index in [1.54, 1.807) is 12.1 Å². The summed E-state index contributed by atoms with van der Waals surface area (Å²) >= 11 is 0. The second-order valence-corrected chi connectivity index (χ2v) is 4.17. The van der Waals surface area contributed by atoms with Crippen LogP contribution in [0.15, 0.2) is 30.3 Å². The lowest BCUT2D eigenvalue weighted by Gasteiger charge is -2.15. The van der Waals surface area contributed by atoms with Crippen molar-refractivity contribution in [2.75, 3.05) is 0 Å². The normalized spacial score (nSPS) is 12.5. The topological polar surface area (TPSA) is 29.1 Å². The van der Waals surface area contributed by atoms with E-state index in [-0.39, 0.29) is 11.9 Å². The zero-order valence-electron chi connectivity index (χ0n) is 9.36. The molecule has 0 bridgehead atoms. The van der Waals surface area contributed by atoms with Gasteiger partial charge in [-0.25, -0.2) is 0 Å². The minimum atomic E-state index is -0.0451. The molecule has 2 nitrogen and oxygen atoms in total. The minimum absolute atomic E-state index is 0.0160. The van der Waals surface area contributed by atoms with Crippen molar-refractivity contribution in [2.45, 2.75) is 26.3 Å². The highest BCUT2D eigenvalue weighted by atomic mass is 16.1. The monoisotopic (exact) mass is 204 g/mol. The van der Waals surface area contributed by atoms with Crippen LogP contribution in [0, 0.1) is 12.8 Å². The molecule has 1 N–H and O–H groups in total. The predicted octanol–water partition coefficient (Wildman–Crippen LogP) is 2.67. The molecule has 1 atom stereocenters. The quantitative estimate of drug-likeness (QED) is 0.802. The Morgan fingerprint density at radius 3 is 2.47 bits per heavy atom. The Kier molecular flexibility index (Phi) is 4.35. The molecule has 0 saturated carbocycles. The van der Waals surface area contributed by atoms with Crippen LogP contribution >= 0.6 is 0 Å². The van der Waals surface area contributed by atoms with Gasteiger partial charge in [0.25, 0.3) is 5.91 Å². The molecule has 0 fully saturated rings. The van der Waals surface area contributed by atoms with Gasteiger partial charge >= 0.3 is 0 Å². The molecule has 0 saturated heterocycles. The molecule has 0 heterocycles. The van der Waals surface area contributed by atoms with Gasteiger partial charge in [-0.15, -0.1) is 0 Å². The fourth-order valence-electron chi connectivity index (χ4n) is 1.49. The molecule has 0 aromatic heterocycles. The van der Waals surface area contributed by atoms with E-state index in [4.69, 9.17) is 0 Å². The highest BCUT2D eigenvalue weighted by molar-refractivity contribution is 5.94. The van der Waals surface area contributed by atoms with E-state index < -0.39 is 0 Å². The average Bonchev–Trinajstić information content (AvgIpc) is 2.17. The van der Waals surface area contributed by atoms with E-state index in [1.165, 1.54) is 0 Å². The summed E-state index contributed by atoms with van der Waals surface area (Å²) in [6.07, 6.45) is 0.901. The summed E-state index contributed by atoms with van der Waals surface area (Å²) in [5, 5.41) is 2.88. The van der Waals surface area contributed by atoms with Gasteiger partial charge in [-0.3, -0.25) is 4.79 Å². The minimum Gasteiger partial charge on any atom is -0.349 e. The molecule has 1 aromatic carbocycles. The maximum atomic E-state index is 11.7. The third kappa shape index (κ3) is 4.15. The van der Waals surface area contributed by atoms with Crippen LogP contribution in [0.4, 0.5) is 0 Å². The zero-order chi connectivity index (χ0) is 11.3. The molecule has 1 aromatic rings. The predicted molar refractivity (Wildman–Crippen MR) is 62.5 cm³/mol. The van der Waals surface area contributed by atoms with E-state index >= 15 is 0 Å². The fourth-order valence-corrected chi connectivity index (χ4v) is 1.49. The van der Waals surface area contributed by atoms with E-state index in [2.05, 4.69) is 26.1 Å². The number of carbonyl (C=O) groups is 1. The molecule has 2 heteroatoms. The summed E-state index contributed by atoms with van der Waals surface area (Å²) in [6.45, 7) is 8.15. The molecule has 1 radical (unpaired) electrons. The summed E-state index contributed by atoms with van der Waals surface area (Å²) in [7, 11) is 0. The van der Waals surface area contributed by atoms with Crippen molar-refractivity contribution in [1.82, 2.24) is 5.32 Å². The third-order valence-corrected chi connectivity index (χ3v) is 2.13. The first-order valence-electron chi connectivity index (χ1n) is 5.28. The second-order valence-electron chi connectivity index (χ2n) is 4.17. The van der Waals surface area contributed by atoms with Crippen LogP contribution in [-0.4, -0.2) is 11.9 Å². The van der Waals surface area contributed by atoms with Crippen LogP contribution < -0.4 is 5.32 Å². The SMILES string of the molecule is [CH2]C(CC(C)C)NC(=O)c1ccccc1. The zero-order valence-corrected chi connectivity index (χ0v) is 9.36. The summed E-state index contributed by atoms with van der Waals surface area (Å²) in [4.78, 5) is 11.7. The molecule has 0 aliphatic heterocycles. The van der Waals surface area contributed by atoms with Crippen LogP contribution in [0.1, 0.15) is 30.6 Å². The summed E-state index contributed by atoms with van der Waals surface area (Å²) in [5.41, 5.74) is 0.690. The maximum Gasteiger partial charge on any atom is 0.251 e. The Bertz CT molecular complexity index is 306. The van der Waals surface area contributed by atoms with Crippen LogP contribution in [0.2, 0.25) is 0 Å². The number of benzene rings is 1. The maximum absolute atomic E-state index is 11.7. The Morgan fingerprint density at radius 2 is 1.93 bits per heavy atom. The molecular formula is C13H18NO. The third-order valence-electron chi connectivity index (χ3n) is 2.13. The lowest BCUT2D eigenvalue weighted by molar-refractivity contribution is 0.0940. The summed E-state index contributed by atoms with van der Waals surface area (Å²) in [5.74, 6) is 0.500. The number of hydrogen-bond acceptors (Lipinski definition) is 1. The summed E-state index contributed by atoms with van der Waals surface area (Å²) in [6, 6.07) is 9.20. The Balaban J connectivity index is 2.49. The molecule has 1 rings (SSSR count). The van der Waals surface area contributed by atoms with E-state index in [0.29, 0.717) is 11.5 Å². The number of hydrogen-bond donors (Lipinski definition) is 1. The lowest BCUT2D eigenvalue weighted by Crippen LogP contribution is -2.33. The molecule has 0 aliphatic rings. The van der Waals surface area contributed by atoms with Crippen LogP contribution in [0.5, 0.6) is 0 Å². The van der Waals surface area contributed by atoms with Crippen molar-refractivity contribution >= 4 is 5.91 Å². The number of nitrogens with one attached hydrogen (secondary N) is 1. The average molecular weight is 204 g/mol. The highest BCUT2D eigenvalue weighted by Crippen LogP contribution is 2.05. The Labute approximate surface area is 91.7 Å². The van der Waals surface area contributed by atoms with Crippen molar-refractivity contribution in [1.29, 1.82) is 0 Å². The van der Waals surface area contributed by atoms with E-state index in [9.17, 15) is 4.79 Å². The van der Waals surface area contributed by atoms with Gasteiger partial charge < -0.3 is 5.32 Å². The first-order chi connectivity index (χ1) is 7.09. The van der Waals surface area contributed by atoms with Crippen molar-refractivity contribution in [3.63, 3.8) is 0 Å². The van der Waals surface area contributed by atoms with Crippen molar-refractivity contribution in [3.05, 3.63) is 42.8 Å². The largest absolute Gasteiger partial charge is 0.349 e. The second kappa shape index (κ2) is 5.54. The van der Waals surface area contributed by atoms with Crippen molar-refractivity contribution < 1.29 is 4.79 Å². The standard InChI is InChI=1S/C13H18NO/c1-10(2)9-11(3)14-13(15)12-7-5-4-6-8-12/h4-8,10-11H,3,9H2,1-2H3,(H,14,15). The van der Waals surface area contributed by atoms with Crippen LogP contribution in [0.3, 0.4) is 0 Å². The molecule has 0 aliphatic carbocycles. The molecule has 1 unspecified atom stereocenters. The summed E-state index contributed by atoms with van der Waals surface area (Å²) < 4.78 is 0. The number of carbonyl (C=O) groups excluding carboxylic acids is 1. The van der Waals surface area contributed by atoms with Gasteiger partial charge in [-0.1, -0.05) is 32.0 Å². The van der Waals surface area contributed by atoms with Crippen LogP contribution in [-0.2, 0) is 0 Å². The van der Waals surface area contributed by atoms with Gasteiger partial charge in [0, 0.05) is 11.6 Å². The van der Waals surface area contributed by atoms with E-state index in [1.807, 2.05) is 18.2 Å². The molecule has 15 heavy (non-hydrogen) atoms. The first kappa shape index (κ1) is 11.8. The molecule has 1 amide bonds. The fraction of sp³-hybridized carbons (Fsp3) is 0.385. The van der Waals surface area contributed by atoms with E-state index in [0.717, 1.165) is 6.42 Å². The number of rotatable bonds is 4. The Hall–Kier alpha value is -1.31. The first-order valence-corrected chi connectivity index (χ1v) is 5.28. The van der Waals surface area contributed by atoms with Gasteiger partial charge in [0.1, 0.15) is 0 Å². The number of amides is 1. The smallest absolute Gasteiger partial charge is 0.251 e. The van der Waals surface area contributed by atoms with Gasteiger partial charge in [-0.05, 0) is 31.4 Å². The van der Waals surface area contributed by atoms with Gasteiger partial charge in [0.15, 0.2) is 0 Å². The Morgan fingerprint density at radius 1 is 1.33 bits per heavy atom. The van der Waals surface area contributed by atoms with Gasteiger partial charge in [0.05, 0.1) is 0 Å². The van der Waals surface area contributed by atoms with Gasteiger partial charge in [0.2, 0.25) is 0 Å². The molecule has 81 valence electrons. The highest BCUT2D eigenvalue weighted by Gasteiger charge is 2.10. The van der Waals surface area contributed by atoms with Crippen LogP contribution in [0.25, 0.3) is 0 Å². The molecular weight excluding hydrogens is 186 g/mol. The van der Waals surface area contributed by atoms with Gasteiger partial charge in [-0.2, -0.15) is 0 Å². The molecule has 0 spiro atoms.